The molecule has 0 heterocycles. The highest BCUT2D eigenvalue weighted by Gasteiger charge is 2.30. The Morgan fingerprint density at radius 3 is 0.729 bits per heavy atom. The van der Waals surface area contributed by atoms with Crippen LogP contribution in [0.4, 0.5) is 0 Å². The molecule has 0 aromatic heterocycles. The summed E-state index contributed by atoms with van der Waals surface area (Å²) in [7, 11) is -9.89. The molecular formula is C66H128O17P2. The number of aliphatic hydroxyl groups is 1. The molecule has 0 aliphatic heterocycles. The number of hydrogen-bond donors (Lipinski definition) is 3. The molecule has 0 amide bonds. The Morgan fingerprint density at radius 1 is 0.294 bits per heavy atom. The first-order chi connectivity index (χ1) is 40.6. The minimum atomic E-state index is -4.95. The van der Waals surface area contributed by atoms with E-state index < -0.39 is 97.5 Å². The van der Waals surface area contributed by atoms with E-state index >= 15 is 0 Å². The van der Waals surface area contributed by atoms with Crippen molar-refractivity contribution in [3.63, 3.8) is 0 Å². The fourth-order valence-electron chi connectivity index (χ4n) is 9.78. The van der Waals surface area contributed by atoms with E-state index in [2.05, 4.69) is 55.4 Å². The number of rotatable bonds is 63. The Kier molecular flexibility index (Phi) is 54.8. The monoisotopic (exact) mass is 1250 g/mol. The zero-order valence-corrected chi connectivity index (χ0v) is 57.0. The van der Waals surface area contributed by atoms with Gasteiger partial charge in [0.1, 0.15) is 19.3 Å². The van der Waals surface area contributed by atoms with Gasteiger partial charge in [0.15, 0.2) is 12.2 Å². The molecule has 0 bridgehead atoms. The largest absolute Gasteiger partial charge is 0.472 e. The van der Waals surface area contributed by atoms with Crippen LogP contribution >= 0.6 is 15.6 Å². The van der Waals surface area contributed by atoms with E-state index in [1.807, 2.05) is 0 Å². The molecule has 0 aromatic rings. The number of ether oxygens (including phenoxy) is 4. The van der Waals surface area contributed by atoms with Crippen molar-refractivity contribution in [3.8, 4) is 0 Å². The first-order valence-electron chi connectivity index (χ1n) is 34.2. The average molecular weight is 1260 g/mol. The molecule has 0 saturated carbocycles. The smallest absolute Gasteiger partial charge is 0.462 e. The minimum Gasteiger partial charge on any atom is -0.462 e. The van der Waals surface area contributed by atoms with Gasteiger partial charge in [-0.25, -0.2) is 9.13 Å². The predicted molar refractivity (Wildman–Crippen MR) is 340 cm³/mol. The third-order valence-electron chi connectivity index (χ3n) is 15.1. The maximum atomic E-state index is 13.0. The first-order valence-corrected chi connectivity index (χ1v) is 37.2. The van der Waals surface area contributed by atoms with Crippen molar-refractivity contribution in [2.45, 2.75) is 337 Å². The lowest BCUT2D eigenvalue weighted by atomic mass is 10.0. The number of aliphatic hydroxyl groups excluding tert-OH is 1. The second-order valence-corrected chi connectivity index (χ2v) is 28.7. The number of phosphoric ester groups is 2. The van der Waals surface area contributed by atoms with Crippen LogP contribution in [0.15, 0.2) is 0 Å². The van der Waals surface area contributed by atoms with Crippen LogP contribution in [0.25, 0.3) is 0 Å². The van der Waals surface area contributed by atoms with Crippen molar-refractivity contribution in [3.05, 3.63) is 0 Å². The van der Waals surface area contributed by atoms with Crippen molar-refractivity contribution in [1.82, 2.24) is 0 Å². The van der Waals surface area contributed by atoms with E-state index in [-0.39, 0.29) is 25.7 Å². The Bertz CT molecular complexity index is 1700. The Balaban J connectivity index is 5.26. The number of carbonyl (C=O) groups is 4. The van der Waals surface area contributed by atoms with E-state index in [4.69, 9.17) is 37.0 Å². The average Bonchev–Trinajstić information content (AvgIpc) is 3.61. The molecule has 3 unspecified atom stereocenters. The maximum absolute atomic E-state index is 13.0. The highest BCUT2D eigenvalue weighted by Crippen LogP contribution is 2.45. The van der Waals surface area contributed by atoms with E-state index in [0.29, 0.717) is 31.6 Å². The maximum Gasteiger partial charge on any atom is 0.472 e. The lowest BCUT2D eigenvalue weighted by Gasteiger charge is -2.21. The summed E-state index contributed by atoms with van der Waals surface area (Å²) in [6, 6.07) is 0. The van der Waals surface area contributed by atoms with Crippen LogP contribution in [0, 0.1) is 23.7 Å². The van der Waals surface area contributed by atoms with Gasteiger partial charge in [0.25, 0.3) is 0 Å². The fraction of sp³-hybridized carbons (Fsp3) is 0.939. The van der Waals surface area contributed by atoms with Gasteiger partial charge in [0, 0.05) is 25.7 Å². The van der Waals surface area contributed by atoms with Gasteiger partial charge in [-0.15, -0.1) is 0 Å². The van der Waals surface area contributed by atoms with Crippen LogP contribution in [0.1, 0.15) is 319 Å². The third kappa shape index (κ3) is 60.7. The van der Waals surface area contributed by atoms with Crippen LogP contribution in [0.5, 0.6) is 0 Å². The number of esters is 4. The molecule has 504 valence electrons. The molecule has 0 rings (SSSR count). The Labute approximate surface area is 517 Å². The predicted octanol–water partition coefficient (Wildman–Crippen LogP) is 18.1. The molecule has 0 fully saturated rings. The number of hydrogen-bond acceptors (Lipinski definition) is 15. The van der Waals surface area contributed by atoms with Crippen LogP contribution in [0.3, 0.4) is 0 Å². The molecular weight excluding hydrogens is 1130 g/mol. The normalized spacial score (nSPS) is 14.4. The zero-order chi connectivity index (χ0) is 63.2. The molecule has 85 heavy (non-hydrogen) atoms. The summed E-state index contributed by atoms with van der Waals surface area (Å²) in [5.41, 5.74) is 0. The summed E-state index contributed by atoms with van der Waals surface area (Å²) in [6.07, 6.45) is 36.3. The van der Waals surface area contributed by atoms with Crippen molar-refractivity contribution in [2.75, 3.05) is 39.6 Å². The van der Waals surface area contributed by atoms with Crippen LogP contribution < -0.4 is 0 Å². The molecule has 5 atom stereocenters. The van der Waals surface area contributed by atoms with Gasteiger partial charge in [-0.2, -0.15) is 0 Å². The molecule has 17 nitrogen and oxygen atoms in total. The number of unbranched alkanes of at least 4 members (excludes halogenated alkanes) is 29. The molecule has 3 N–H and O–H groups in total. The first kappa shape index (κ1) is 83.1. The summed E-state index contributed by atoms with van der Waals surface area (Å²) in [5, 5.41) is 10.5. The van der Waals surface area contributed by atoms with Gasteiger partial charge in [-0.1, -0.05) is 267 Å². The number of phosphoric acid groups is 2. The Morgan fingerprint density at radius 2 is 0.494 bits per heavy atom. The summed E-state index contributed by atoms with van der Waals surface area (Å²) in [5.74, 6) is 0.764. The van der Waals surface area contributed by atoms with Crippen LogP contribution in [-0.2, 0) is 65.4 Å². The zero-order valence-electron chi connectivity index (χ0n) is 55.2. The summed E-state index contributed by atoms with van der Waals surface area (Å²) in [6.45, 7) is 14.0. The molecule has 0 spiro atoms. The van der Waals surface area contributed by atoms with Crippen molar-refractivity contribution < 1.29 is 80.2 Å². The van der Waals surface area contributed by atoms with Gasteiger partial charge in [0.2, 0.25) is 0 Å². The summed E-state index contributed by atoms with van der Waals surface area (Å²) >= 11 is 0. The second-order valence-electron chi connectivity index (χ2n) is 25.8. The van der Waals surface area contributed by atoms with E-state index in [9.17, 15) is 43.2 Å². The molecule has 0 radical (unpaired) electrons. The fourth-order valence-corrected chi connectivity index (χ4v) is 11.4. The van der Waals surface area contributed by atoms with Gasteiger partial charge >= 0.3 is 39.5 Å². The van der Waals surface area contributed by atoms with Crippen molar-refractivity contribution in [1.29, 1.82) is 0 Å². The lowest BCUT2D eigenvalue weighted by Crippen LogP contribution is -2.30. The van der Waals surface area contributed by atoms with Gasteiger partial charge < -0.3 is 33.8 Å². The molecule has 0 aromatic carbocycles. The summed E-state index contributed by atoms with van der Waals surface area (Å²) in [4.78, 5) is 72.3. The lowest BCUT2D eigenvalue weighted by molar-refractivity contribution is -0.161. The minimum absolute atomic E-state index is 0.102. The highest BCUT2D eigenvalue weighted by molar-refractivity contribution is 7.47. The second kappa shape index (κ2) is 56.1. The van der Waals surface area contributed by atoms with Gasteiger partial charge in [-0.05, 0) is 49.4 Å². The number of carbonyl (C=O) groups excluding carboxylic acids is 4. The van der Waals surface area contributed by atoms with Crippen LogP contribution in [0.2, 0.25) is 0 Å². The van der Waals surface area contributed by atoms with E-state index in [1.54, 1.807) is 0 Å². The topological polar surface area (TPSA) is 237 Å². The molecule has 19 heteroatoms. The molecule has 0 saturated heterocycles. The van der Waals surface area contributed by atoms with E-state index in [0.717, 1.165) is 108 Å². The molecule has 0 aliphatic rings. The third-order valence-corrected chi connectivity index (χ3v) is 17.0. The highest BCUT2D eigenvalue weighted by atomic mass is 31.2. The molecule has 0 aliphatic carbocycles. The van der Waals surface area contributed by atoms with Crippen molar-refractivity contribution >= 4 is 39.5 Å². The SMILES string of the molecule is CC(C)CCCCCCCCCCCC(=O)OC[C@H](COP(=O)(O)OCC(O)COP(=O)(O)OC[C@@H](COC(=O)CCCCCCCCCCC(C)C)OC(=O)CCCCCCCCCC(C)C)OC(=O)CCCCCCCCCCCC(C)C. The Hall–Kier alpha value is -1.94. The summed E-state index contributed by atoms with van der Waals surface area (Å²) < 4.78 is 68.1. The van der Waals surface area contributed by atoms with Gasteiger partial charge in [-0.3, -0.25) is 37.3 Å². The van der Waals surface area contributed by atoms with E-state index in [1.165, 1.54) is 122 Å². The quantitative estimate of drug-likeness (QED) is 0.0222. The van der Waals surface area contributed by atoms with Crippen LogP contribution in [-0.4, -0.2) is 96.7 Å². The van der Waals surface area contributed by atoms with Crippen molar-refractivity contribution in [2.24, 2.45) is 23.7 Å². The van der Waals surface area contributed by atoms with Gasteiger partial charge in [0.05, 0.1) is 26.4 Å². The standard InChI is InChI=1S/C66H128O17P2/c1-56(2)42-34-26-18-11-9-13-22-30-38-46-63(68)76-52-61(82-65(70)48-40-32-24-14-10-12-19-27-35-43-57(3)4)54-80-84(72,73)78-50-60(67)51-79-85(74,75)81-55-62(83-66(71)49-41-33-25-17-21-29-37-45-59(7)8)53-77-64(69)47-39-31-23-16-15-20-28-36-44-58(5)6/h56-62,67H,9-55H2,1-8H3,(H,72,73)(H,74,75)/t60?,61-,62-/m1/s1.